The van der Waals surface area contributed by atoms with Crippen LogP contribution < -0.4 is 4.74 Å². The highest BCUT2D eigenvalue weighted by atomic mass is 32.1. The summed E-state index contributed by atoms with van der Waals surface area (Å²) >= 11 is 1.49. The summed E-state index contributed by atoms with van der Waals surface area (Å²) in [5.74, 6) is 0.557. The fourth-order valence-electron chi connectivity index (χ4n) is 1.80. The maximum Gasteiger partial charge on any atom is 0.279 e. The molecular formula is C16H11NO2S. The molecule has 0 saturated heterocycles. The highest BCUT2D eigenvalue weighted by molar-refractivity contribution is 7.20. The van der Waals surface area contributed by atoms with Gasteiger partial charge in [0, 0.05) is 5.56 Å². The average molecular weight is 281 g/mol. The summed E-state index contributed by atoms with van der Waals surface area (Å²) in [6.45, 7) is 3.46. The Labute approximate surface area is 120 Å². The highest BCUT2D eigenvalue weighted by Crippen LogP contribution is 2.31. The Bertz CT molecular complexity index is 742. The number of ether oxygens (including phenoxy) is 1. The number of carbonyl (C=O) groups excluding carboxylic acids is 1. The van der Waals surface area contributed by atoms with Gasteiger partial charge in [0.1, 0.15) is 5.75 Å². The first kappa shape index (κ1) is 12.6. The molecule has 0 spiro atoms. The number of carbonyl (C=O) groups is 1. The van der Waals surface area contributed by atoms with E-state index in [4.69, 9.17) is 4.74 Å². The van der Waals surface area contributed by atoms with Crippen LogP contribution >= 0.6 is 11.3 Å². The maximum atomic E-state index is 11.4. The molecule has 0 radical (unpaired) electrons. The van der Waals surface area contributed by atoms with Gasteiger partial charge in [-0.05, 0) is 42.5 Å². The van der Waals surface area contributed by atoms with Crippen molar-refractivity contribution in [1.82, 2.24) is 4.98 Å². The second-order valence-electron chi connectivity index (χ2n) is 4.14. The van der Waals surface area contributed by atoms with Crippen LogP contribution in [-0.2, 0) is 0 Å². The number of hydrogen-bond acceptors (Lipinski definition) is 4. The largest absolute Gasteiger partial charge is 0.431 e. The lowest BCUT2D eigenvalue weighted by molar-refractivity contribution is 0.104. The summed E-state index contributed by atoms with van der Waals surface area (Å²) in [7, 11) is 0. The van der Waals surface area contributed by atoms with Crippen LogP contribution in [0.4, 0.5) is 0 Å². The minimum absolute atomic E-state index is 0.100. The Kier molecular flexibility index (Phi) is 3.31. The Morgan fingerprint density at radius 1 is 1.15 bits per heavy atom. The van der Waals surface area contributed by atoms with Gasteiger partial charge in [0.2, 0.25) is 0 Å². The summed E-state index contributed by atoms with van der Waals surface area (Å²) in [4.78, 5) is 15.8. The van der Waals surface area contributed by atoms with E-state index in [1.54, 1.807) is 24.3 Å². The normalized spacial score (nSPS) is 10.4. The van der Waals surface area contributed by atoms with Crippen molar-refractivity contribution < 1.29 is 9.53 Å². The van der Waals surface area contributed by atoms with E-state index in [1.165, 1.54) is 17.4 Å². The smallest absolute Gasteiger partial charge is 0.279 e. The zero-order valence-electron chi connectivity index (χ0n) is 10.6. The second kappa shape index (κ2) is 5.27. The molecule has 4 heteroatoms. The molecule has 98 valence electrons. The molecule has 3 rings (SSSR count). The SMILES string of the molecule is C=CC(=O)c1ccc(Oc2nc3ccccc3s2)cc1. The van der Waals surface area contributed by atoms with Crippen molar-refractivity contribution in [2.24, 2.45) is 0 Å². The number of nitrogens with zero attached hydrogens (tertiary/aromatic N) is 1. The Hall–Kier alpha value is -2.46. The molecule has 0 N–H and O–H groups in total. The van der Waals surface area contributed by atoms with Crippen molar-refractivity contribution in [3.63, 3.8) is 0 Å². The number of aromatic nitrogens is 1. The molecule has 0 fully saturated rings. The van der Waals surface area contributed by atoms with Crippen LogP contribution in [0.3, 0.4) is 0 Å². The minimum atomic E-state index is -0.100. The molecule has 0 unspecified atom stereocenters. The highest BCUT2D eigenvalue weighted by Gasteiger charge is 2.06. The van der Waals surface area contributed by atoms with Gasteiger partial charge in [-0.1, -0.05) is 30.0 Å². The van der Waals surface area contributed by atoms with Gasteiger partial charge in [0.15, 0.2) is 5.78 Å². The van der Waals surface area contributed by atoms with E-state index in [9.17, 15) is 4.79 Å². The van der Waals surface area contributed by atoms with Crippen molar-refractivity contribution in [2.75, 3.05) is 0 Å². The average Bonchev–Trinajstić information content (AvgIpc) is 2.89. The molecule has 3 aromatic rings. The third kappa shape index (κ3) is 2.46. The van der Waals surface area contributed by atoms with Crippen LogP contribution in [0.15, 0.2) is 61.2 Å². The Morgan fingerprint density at radius 2 is 1.90 bits per heavy atom. The number of thiazole rings is 1. The number of para-hydroxylation sites is 1. The third-order valence-corrected chi connectivity index (χ3v) is 3.72. The lowest BCUT2D eigenvalue weighted by atomic mass is 10.1. The fraction of sp³-hybridized carbons (Fsp3) is 0. The van der Waals surface area contributed by atoms with Crippen LogP contribution in [0.2, 0.25) is 0 Å². The topological polar surface area (TPSA) is 39.2 Å². The molecule has 20 heavy (non-hydrogen) atoms. The lowest BCUT2D eigenvalue weighted by Gasteiger charge is -2.01. The summed E-state index contributed by atoms with van der Waals surface area (Å²) in [6.07, 6.45) is 1.30. The van der Waals surface area contributed by atoms with E-state index in [-0.39, 0.29) is 5.78 Å². The van der Waals surface area contributed by atoms with E-state index in [2.05, 4.69) is 11.6 Å². The van der Waals surface area contributed by atoms with Crippen LogP contribution in [0.1, 0.15) is 10.4 Å². The van der Waals surface area contributed by atoms with Crippen molar-refractivity contribution in [3.8, 4) is 10.9 Å². The zero-order chi connectivity index (χ0) is 13.9. The molecule has 0 aliphatic heterocycles. The van der Waals surface area contributed by atoms with Gasteiger partial charge in [-0.2, -0.15) is 0 Å². The van der Waals surface area contributed by atoms with E-state index in [0.717, 1.165) is 10.2 Å². The van der Waals surface area contributed by atoms with Crippen LogP contribution in [0.5, 0.6) is 10.9 Å². The number of rotatable bonds is 4. The van der Waals surface area contributed by atoms with E-state index in [1.807, 2.05) is 24.3 Å². The maximum absolute atomic E-state index is 11.4. The summed E-state index contributed by atoms with van der Waals surface area (Å²) < 4.78 is 6.79. The second-order valence-corrected chi connectivity index (χ2v) is 5.14. The van der Waals surface area contributed by atoms with Crippen LogP contribution in [0, 0.1) is 0 Å². The van der Waals surface area contributed by atoms with E-state index < -0.39 is 0 Å². The van der Waals surface area contributed by atoms with Gasteiger partial charge in [-0.25, -0.2) is 4.98 Å². The predicted molar refractivity (Wildman–Crippen MR) is 80.7 cm³/mol. The molecule has 0 atom stereocenters. The monoisotopic (exact) mass is 281 g/mol. The first-order chi connectivity index (χ1) is 9.76. The number of fused-ring (bicyclic) bond motifs is 1. The molecule has 0 amide bonds. The Balaban J connectivity index is 1.83. The first-order valence-corrected chi connectivity index (χ1v) is 6.88. The van der Waals surface area contributed by atoms with Crippen LogP contribution in [-0.4, -0.2) is 10.8 Å². The van der Waals surface area contributed by atoms with E-state index in [0.29, 0.717) is 16.5 Å². The predicted octanol–water partition coefficient (Wildman–Crippen LogP) is 4.46. The zero-order valence-corrected chi connectivity index (χ0v) is 11.4. The van der Waals surface area contributed by atoms with Gasteiger partial charge in [-0.15, -0.1) is 0 Å². The van der Waals surface area contributed by atoms with Crippen molar-refractivity contribution in [2.45, 2.75) is 0 Å². The molecule has 3 nitrogen and oxygen atoms in total. The Morgan fingerprint density at radius 3 is 2.60 bits per heavy atom. The molecular weight excluding hydrogens is 270 g/mol. The third-order valence-electron chi connectivity index (χ3n) is 2.80. The van der Waals surface area contributed by atoms with Crippen molar-refractivity contribution in [1.29, 1.82) is 0 Å². The molecule has 0 aliphatic rings. The van der Waals surface area contributed by atoms with Crippen molar-refractivity contribution in [3.05, 3.63) is 66.7 Å². The number of allylic oxidation sites excluding steroid dienone is 1. The first-order valence-electron chi connectivity index (χ1n) is 6.06. The number of hydrogen-bond donors (Lipinski definition) is 0. The van der Waals surface area contributed by atoms with Gasteiger partial charge in [0.25, 0.3) is 5.19 Å². The molecule has 2 aromatic carbocycles. The molecule has 1 heterocycles. The van der Waals surface area contributed by atoms with Crippen LogP contribution in [0.25, 0.3) is 10.2 Å². The lowest BCUT2D eigenvalue weighted by Crippen LogP contribution is -1.92. The van der Waals surface area contributed by atoms with E-state index >= 15 is 0 Å². The standard InChI is InChI=1S/C16H11NO2S/c1-2-14(18)11-7-9-12(10-8-11)19-16-17-13-5-3-4-6-15(13)20-16/h2-10H,1H2. The minimum Gasteiger partial charge on any atom is -0.431 e. The van der Waals surface area contributed by atoms with Gasteiger partial charge >= 0.3 is 0 Å². The molecule has 1 aromatic heterocycles. The molecule has 0 saturated carbocycles. The number of ketones is 1. The fourth-order valence-corrected chi connectivity index (χ4v) is 2.64. The molecule has 0 aliphatic carbocycles. The summed E-state index contributed by atoms with van der Waals surface area (Å²) in [5.41, 5.74) is 1.52. The van der Waals surface area contributed by atoms with Gasteiger partial charge in [-0.3, -0.25) is 4.79 Å². The number of benzene rings is 2. The molecule has 0 bridgehead atoms. The van der Waals surface area contributed by atoms with Gasteiger partial charge in [0.05, 0.1) is 10.2 Å². The van der Waals surface area contributed by atoms with Gasteiger partial charge < -0.3 is 4.74 Å². The quantitative estimate of drug-likeness (QED) is 0.523. The summed E-state index contributed by atoms with van der Waals surface area (Å²) in [5, 5.41) is 0.592. The summed E-state index contributed by atoms with van der Waals surface area (Å²) in [6, 6.07) is 14.8. The van der Waals surface area contributed by atoms with Crippen molar-refractivity contribution >= 4 is 27.3 Å².